The fraction of sp³-hybridized carbons (Fsp3) is 0.267. The molecule has 2 aromatic heterocycles. The van der Waals surface area contributed by atoms with Crippen molar-refractivity contribution in [1.82, 2.24) is 15.2 Å². The first-order valence-electron chi connectivity index (χ1n) is 6.59. The van der Waals surface area contributed by atoms with E-state index < -0.39 is 0 Å². The number of aromatic nitrogens is 3. The van der Waals surface area contributed by atoms with Crippen molar-refractivity contribution in [3.05, 3.63) is 36.2 Å². The van der Waals surface area contributed by atoms with Crippen molar-refractivity contribution in [1.29, 1.82) is 0 Å². The Hall–Kier alpha value is -2.43. The van der Waals surface area contributed by atoms with Crippen LogP contribution < -0.4 is 5.32 Å². The summed E-state index contributed by atoms with van der Waals surface area (Å²) in [5.41, 5.74) is 3.41. The number of rotatable bonds is 3. The second kappa shape index (κ2) is 4.92. The normalized spacial score (nSPS) is 11.2. The highest BCUT2D eigenvalue weighted by atomic mass is 16.3. The van der Waals surface area contributed by atoms with Crippen LogP contribution in [0.3, 0.4) is 0 Å². The Kier molecular flexibility index (Phi) is 3.10. The number of hydrogen-bond donors (Lipinski definition) is 1. The van der Waals surface area contributed by atoms with E-state index in [1.807, 2.05) is 37.3 Å². The van der Waals surface area contributed by atoms with Gasteiger partial charge in [0.05, 0.1) is 5.69 Å². The van der Waals surface area contributed by atoms with Crippen LogP contribution in [-0.4, -0.2) is 21.2 Å². The van der Waals surface area contributed by atoms with Gasteiger partial charge in [0.25, 0.3) is 0 Å². The van der Waals surface area contributed by atoms with Crippen LogP contribution >= 0.6 is 0 Å². The maximum absolute atomic E-state index is 5.53. The number of benzene rings is 1. The van der Waals surface area contributed by atoms with E-state index in [-0.39, 0.29) is 0 Å². The summed E-state index contributed by atoms with van der Waals surface area (Å²) >= 11 is 0. The molecule has 3 rings (SSSR count). The van der Waals surface area contributed by atoms with Crippen LogP contribution in [0.5, 0.6) is 0 Å². The van der Waals surface area contributed by atoms with Crippen LogP contribution in [-0.2, 0) is 0 Å². The van der Waals surface area contributed by atoms with Gasteiger partial charge in [-0.1, -0.05) is 6.07 Å². The monoisotopic (exact) mass is 268 g/mol. The Labute approximate surface area is 117 Å². The minimum atomic E-state index is 0.337. The molecule has 0 aliphatic carbocycles. The molecular formula is C15H16N4O. The van der Waals surface area contributed by atoms with Crippen LogP contribution in [0.25, 0.3) is 22.4 Å². The molecule has 0 aliphatic rings. The lowest BCUT2D eigenvalue weighted by Gasteiger charge is -2.08. The van der Waals surface area contributed by atoms with Gasteiger partial charge in [-0.2, -0.15) is 0 Å². The highest BCUT2D eigenvalue weighted by Crippen LogP contribution is 2.23. The quantitative estimate of drug-likeness (QED) is 0.788. The van der Waals surface area contributed by atoms with Crippen molar-refractivity contribution in [3.8, 4) is 11.3 Å². The molecule has 20 heavy (non-hydrogen) atoms. The Bertz CT molecular complexity index is 731. The third-order valence-electron chi connectivity index (χ3n) is 2.89. The van der Waals surface area contributed by atoms with Crippen molar-refractivity contribution in [3.63, 3.8) is 0 Å². The van der Waals surface area contributed by atoms with E-state index in [4.69, 9.17) is 4.42 Å². The van der Waals surface area contributed by atoms with Gasteiger partial charge in [0.1, 0.15) is 11.3 Å². The highest BCUT2D eigenvalue weighted by Gasteiger charge is 2.06. The molecule has 0 saturated carbocycles. The molecule has 0 unspecified atom stereocenters. The molecule has 1 aromatic carbocycles. The molecule has 5 heteroatoms. The van der Waals surface area contributed by atoms with Crippen LogP contribution in [0.15, 0.2) is 34.7 Å². The molecule has 1 N–H and O–H groups in total. The topological polar surface area (TPSA) is 63.8 Å². The molecule has 0 spiro atoms. The van der Waals surface area contributed by atoms with Crippen molar-refractivity contribution >= 4 is 16.9 Å². The second-order valence-electron chi connectivity index (χ2n) is 5.02. The van der Waals surface area contributed by atoms with Crippen molar-refractivity contribution in [2.45, 2.75) is 26.8 Å². The summed E-state index contributed by atoms with van der Waals surface area (Å²) in [5, 5.41) is 11.6. The van der Waals surface area contributed by atoms with E-state index in [1.165, 1.54) is 0 Å². The number of oxazole rings is 1. The second-order valence-corrected chi connectivity index (χ2v) is 5.02. The Morgan fingerprint density at radius 2 is 1.95 bits per heavy atom. The predicted molar refractivity (Wildman–Crippen MR) is 78.5 cm³/mol. The first kappa shape index (κ1) is 12.6. The fourth-order valence-corrected chi connectivity index (χ4v) is 2.06. The van der Waals surface area contributed by atoms with Crippen LogP contribution in [0.2, 0.25) is 0 Å². The summed E-state index contributed by atoms with van der Waals surface area (Å²) < 4.78 is 5.53. The standard InChI is InChI=1S/C15H16N4O/c1-9(2)16-15-7-6-12(18-19-15)11-4-5-13-14(8-11)20-10(3)17-13/h4-9H,1-3H3,(H,16,19). The predicted octanol–water partition coefficient (Wildman–Crippen LogP) is 3.41. The minimum Gasteiger partial charge on any atom is -0.441 e. The first-order valence-corrected chi connectivity index (χ1v) is 6.59. The number of anilines is 1. The summed E-state index contributed by atoms with van der Waals surface area (Å²) in [4.78, 5) is 4.28. The zero-order valence-corrected chi connectivity index (χ0v) is 11.7. The number of hydrogen-bond acceptors (Lipinski definition) is 5. The largest absolute Gasteiger partial charge is 0.441 e. The summed E-state index contributed by atoms with van der Waals surface area (Å²) in [6, 6.07) is 10.1. The molecular weight excluding hydrogens is 252 g/mol. The van der Waals surface area contributed by atoms with Crippen LogP contribution in [0.4, 0.5) is 5.82 Å². The van der Waals surface area contributed by atoms with E-state index in [9.17, 15) is 0 Å². The third kappa shape index (κ3) is 2.47. The zero-order chi connectivity index (χ0) is 14.1. The molecule has 3 aromatic rings. The maximum atomic E-state index is 5.53. The van der Waals surface area contributed by atoms with Gasteiger partial charge < -0.3 is 9.73 Å². The van der Waals surface area contributed by atoms with Gasteiger partial charge in [0.2, 0.25) is 0 Å². The maximum Gasteiger partial charge on any atom is 0.192 e. The third-order valence-corrected chi connectivity index (χ3v) is 2.89. The van der Waals surface area contributed by atoms with Gasteiger partial charge in [-0.15, -0.1) is 10.2 Å². The lowest BCUT2D eigenvalue weighted by atomic mass is 10.1. The molecule has 5 nitrogen and oxygen atoms in total. The zero-order valence-electron chi connectivity index (χ0n) is 11.7. The lowest BCUT2D eigenvalue weighted by molar-refractivity contribution is 0.561. The minimum absolute atomic E-state index is 0.337. The van der Waals surface area contributed by atoms with Crippen molar-refractivity contribution in [2.75, 3.05) is 5.32 Å². The number of fused-ring (bicyclic) bond motifs is 1. The summed E-state index contributed by atoms with van der Waals surface area (Å²) in [5.74, 6) is 1.44. The molecule has 0 aliphatic heterocycles. The molecule has 0 atom stereocenters. The van der Waals surface area contributed by atoms with Crippen molar-refractivity contribution < 1.29 is 4.42 Å². The van der Waals surface area contributed by atoms with E-state index in [0.29, 0.717) is 11.9 Å². The van der Waals surface area contributed by atoms with Gasteiger partial charge in [-0.05, 0) is 38.1 Å². The summed E-state index contributed by atoms with van der Waals surface area (Å²) in [6.07, 6.45) is 0. The average molecular weight is 268 g/mol. The molecule has 0 saturated heterocycles. The smallest absolute Gasteiger partial charge is 0.192 e. The van der Waals surface area contributed by atoms with Gasteiger partial charge in [-0.3, -0.25) is 0 Å². The molecule has 0 bridgehead atoms. The van der Waals surface area contributed by atoms with Crippen LogP contribution in [0, 0.1) is 6.92 Å². The molecule has 102 valence electrons. The summed E-state index contributed by atoms with van der Waals surface area (Å²) in [6.45, 7) is 5.97. The number of nitrogens with one attached hydrogen (secondary N) is 1. The van der Waals surface area contributed by atoms with E-state index in [2.05, 4.69) is 34.3 Å². The van der Waals surface area contributed by atoms with E-state index in [0.717, 1.165) is 28.2 Å². The Morgan fingerprint density at radius 3 is 2.65 bits per heavy atom. The van der Waals surface area contributed by atoms with Crippen LogP contribution in [0.1, 0.15) is 19.7 Å². The highest BCUT2D eigenvalue weighted by molar-refractivity contribution is 5.79. The van der Waals surface area contributed by atoms with Gasteiger partial charge in [0, 0.05) is 18.5 Å². The van der Waals surface area contributed by atoms with E-state index >= 15 is 0 Å². The van der Waals surface area contributed by atoms with E-state index in [1.54, 1.807) is 0 Å². The van der Waals surface area contributed by atoms with Gasteiger partial charge in [-0.25, -0.2) is 4.98 Å². The fourth-order valence-electron chi connectivity index (χ4n) is 2.06. The molecule has 0 radical (unpaired) electrons. The Balaban J connectivity index is 1.93. The number of nitrogens with zero attached hydrogens (tertiary/aromatic N) is 3. The van der Waals surface area contributed by atoms with Gasteiger partial charge in [0.15, 0.2) is 11.5 Å². The molecule has 0 amide bonds. The molecule has 2 heterocycles. The SMILES string of the molecule is Cc1nc2ccc(-c3ccc(NC(C)C)nn3)cc2o1. The summed E-state index contributed by atoms with van der Waals surface area (Å²) in [7, 11) is 0. The molecule has 0 fully saturated rings. The Morgan fingerprint density at radius 1 is 1.10 bits per heavy atom. The van der Waals surface area contributed by atoms with Crippen molar-refractivity contribution in [2.24, 2.45) is 0 Å². The number of aryl methyl sites for hydroxylation is 1. The average Bonchev–Trinajstić information content (AvgIpc) is 2.78. The van der Waals surface area contributed by atoms with Gasteiger partial charge >= 0.3 is 0 Å². The first-order chi connectivity index (χ1) is 9.61. The lowest BCUT2D eigenvalue weighted by Crippen LogP contribution is -2.11.